The maximum absolute atomic E-state index is 13.0. The van der Waals surface area contributed by atoms with Gasteiger partial charge in [0.2, 0.25) is 5.91 Å². The first-order valence-corrected chi connectivity index (χ1v) is 10.1. The van der Waals surface area contributed by atoms with E-state index >= 15 is 0 Å². The fourth-order valence-corrected chi connectivity index (χ4v) is 3.62. The molecule has 4 rings (SSSR count). The van der Waals surface area contributed by atoms with Gasteiger partial charge in [0.15, 0.2) is 0 Å². The molecule has 0 spiro atoms. The van der Waals surface area contributed by atoms with Crippen LogP contribution >= 0.6 is 0 Å². The molecule has 29 heavy (non-hydrogen) atoms. The van der Waals surface area contributed by atoms with Gasteiger partial charge in [0.05, 0.1) is 12.5 Å². The molecule has 0 saturated heterocycles. The van der Waals surface area contributed by atoms with Gasteiger partial charge in [-0.15, -0.1) is 0 Å². The second-order valence-electron chi connectivity index (χ2n) is 7.10. The molecule has 0 radical (unpaired) electrons. The molecule has 1 heterocycles. The number of ether oxygens (including phenoxy) is 2. The molecule has 0 unspecified atom stereocenters. The quantitative estimate of drug-likeness (QED) is 0.571. The Hall–Kier alpha value is -3.11. The van der Waals surface area contributed by atoms with Crippen molar-refractivity contribution in [2.75, 3.05) is 19.8 Å². The second-order valence-corrected chi connectivity index (χ2v) is 7.10. The predicted molar refractivity (Wildman–Crippen MR) is 113 cm³/mol. The van der Waals surface area contributed by atoms with Crippen LogP contribution < -0.4 is 10.1 Å². The van der Waals surface area contributed by atoms with Crippen LogP contribution in [0.15, 0.2) is 78.9 Å². The van der Waals surface area contributed by atoms with Crippen LogP contribution in [0.4, 0.5) is 0 Å². The van der Waals surface area contributed by atoms with Gasteiger partial charge in [0.1, 0.15) is 11.5 Å². The Morgan fingerprint density at radius 2 is 1.45 bits per heavy atom. The largest absolute Gasteiger partial charge is 0.457 e. The van der Waals surface area contributed by atoms with Crippen molar-refractivity contribution in [1.29, 1.82) is 0 Å². The smallest absolute Gasteiger partial charge is 0.232 e. The number of amides is 1. The van der Waals surface area contributed by atoms with Crippen LogP contribution in [-0.2, 0) is 16.0 Å². The van der Waals surface area contributed by atoms with Gasteiger partial charge >= 0.3 is 0 Å². The van der Waals surface area contributed by atoms with Crippen molar-refractivity contribution >= 4 is 5.91 Å². The molecule has 1 amide bonds. The first-order chi connectivity index (χ1) is 14.3. The number of benzene rings is 3. The molecule has 148 valence electrons. The van der Waals surface area contributed by atoms with Crippen LogP contribution in [0, 0.1) is 0 Å². The summed E-state index contributed by atoms with van der Waals surface area (Å²) in [6, 6.07) is 25.8. The number of hydrogen-bond acceptors (Lipinski definition) is 3. The number of fused-ring (bicyclic) bond motifs is 2. The lowest BCUT2D eigenvalue weighted by atomic mass is 9.87. The SMILES string of the molecule is O=C(NCCCOCCc1ccccc1)C1c2ccccc2Oc2ccccc21. The number of para-hydroxylation sites is 2. The van der Waals surface area contributed by atoms with Crippen molar-refractivity contribution in [3.8, 4) is 11.5 Å². The van der Waals surface area contributed by atoms with E-state index in [-0.39, 0.29) is 11.8 Å². The average Bonchev–Trinajstić information content (AvgIpc) is 2.77. The van der Waals surface area contributed by atoms with Crippen molar-refractivity contribution in [2.45, 2.75) is 18.8 Å². The molecule has 0 bridgehead atoms. The average molecular weight is 387 g/mol. The third-order valence-electron chi connectivity index (χ3n) is 5.08. The first-order valence-electron chi connectivity index (χ1n) is 10.1. The highest BCUT2D eigenvalue weighted by molar-refractivity contribution is 5.89. The summed E-state index contributed by atoms with van der Waals surface area (Å²) in [5.74, 6) is 1.14. The molecule has 3 aromatic rings. The van der Waals surface area contributed by atoms with Crippen LogP contribution in [0.2, 0.25) is 0 Å². The van der Waals surface area contributed by atoms with Gasteiger partial charge in [-0.25, -0.2) is 0 Å². The molecule has 0 aromatic heterocycles. The number of carbonyl (C=O) groups is 1. The van der Waals surface area contributed by atoms with E-state index in [2.05, 4.69) is 17.4 Å². The summed E-state index contributed by atoms with van der Waals surface area (Å²) in [6.07, 6.45) is 1.69. The van der Waals surface area contributed by atoms with E-state index in [1.54, 1.807) is 0 Å². The van der Waals surface area contributed by atoms with E-state index in [1.807, 2.05) is 66.7 Å². The maximum atomic E-state index is 13.0. The zero-order chi connectivity index (χ0) is 19.9. The van der Waals surface area contributed by atoms with Crippen LogP contribution in [0.25, 0.3) is 0 Å². The number of rotatable bonds is 8. The number of hydrogen-bond donors (Lipinski definition) is 1. The lowest BCUT2D eigenvalue weighted by molar-refractivity contribution is -0.121. The highest BCUT2D eigenvalue weighted by Crippen LogP contribution is 2.43. The Bertz CT molecular complexity index is 910. The fraction of sp³-hybridized carbons (Fsp3) is 0.240. The first kappa shape index (κ1) is 19.2. The predicted octanol–water partition coefficient (Wildman–Crippen LogP) is 4.69. The van der Waals surface area contributed by atoms with Crippen molar-refractivity contribution in [3.05, 3.63) is 95.6 Å². The summed E-state index contributed by atoms with van der Waals surface area (Å²) < 4.78 is 11.7. The minimum atomic E-state index is -0.352. The van der Waals surface area contributed by atoms with E-state index in [1.165, 1.54) is 5.56 Å². The molecule has 1 aliphatic rings. The van der Waals surface area contributed by atoms with Crippen molar-refractivity contribution in [2.24, 2.45) is 0 Å². The van der Waals surface area contributed by atoms with E-state index < -0.39 is 0 Å². The van der Waals surface area contributed by atoms with E-state index in [4.69, 9.17) is 9.47 Å². The zero-order valence-corrected chi connectivity index (χ0v) is 16.3. The summed E-state index contributed by atoms with van der Waals surface area (Å²) in [7, 11) is 0. The summed E-state index contributed by atoms with van der Waals surface area (Å²) in [5.41, 5.74) is 3.09. The summed E-state index contributed by atoms with van der Waals surface area (Å²) in [6.45, 7) is 1.92. The van der Waals surface area contributed by atoms with Crippen LogP contribution in [0.3, 0.4) is 0 Å². The summed E-state index contributed by atoms with van der Waals surface area (Å²) in [5, 5.41) is 3.07. The van der Waals surface area contributed by atoms with Crippen LogP contribution in [0.5, 0.6) is 11.5 Å². The molecule has 1 N–H and O–H groups in total. The molecular weight excluding hydrogens is 362 g/mol. The Morgan fingerprint density at radius 1 is 0.828 bits per heavy atom. The summed E-state index contributed by atoms with van der Waals surface area (Å²) >= 11 is 0. The molecule has 4 nitrogen and oxygen atoms in total. The Kier molecular flexibility index (Phi) is 6.22. The van der Waals surface area contributed by atoms with Gasteiger partial charge in [-0.1, -0.05) is 66.7 Å². The normalized spacial score (nSPS) is 12.6. The highest BCUT2D eigenvalue weighted by Gasteiger charge is 2.31. The van der Waals surface area contributed by atoms with E-state index in [9.17, 15) is 4.79 Å². The van der Waals surface area contributed by atoms with Crippen molar-refractivity contribution in [1.82, 2.24) is 5.32 Å². The van der Waals surface area contributed by atoms with Gasteiger partial charge in [-0.05, 0) is 30.5 Å². The molecule has 4 heteroatoms. The Balaban J connectivity index is 1.28. The minimum absolute atomic E-state index is 0.00233. The van der Waals surface area contributed by atoms with Crippen molar-refractivity contribution < 1.29 is 14.3 Å². The Labute approximate surface area is 171 Å². The molecular formula is C25H25NO3. The van der Waals surface area contributed by atoms with Gasteiger partial charge in [-0.3, -0.25) is 4.79 Å². The topological polar surface area (TPSA) is 47.6 Å². The van der Waals surface area contributed by atoms with Crippen LogP contribution in [0.1, 0.15) is 29.0 Å². The van der Waals surface area contributed by atoms with E-state index in [0.29, 0.717) is 19.8 Å². The molecule has 0 fully saturated rings. The number of nitrogens with one attached hydrogen (secondary N) is 1. The second kappa shape index (κ2) is 9.39. The maximum Gasteiger partial charge on any atom is 0.232 e. The number of carbonyl (C=O) groups excluding carboxylic acids is 1. The van der Waals surface area contributed by atoms with Gasteiger partial charge in [0, 0.05) is 24.3 Å². The van der Waals surface area contributed by atoms with Crippen molar-refractivity contribution in [3.63, 3.8) is 0 Å². The summed E-state index contributed by atoms with van der Waals surface area (Å²) in [4.78, 5) is 13.0. The van der Waals surface area contributed by atoms with Gasteiger partial charge < -0.3 is 14.8 Å². The molecule has 0 saturated carbocycles. The lowest BCUT2D eigenvalue weighted by Crippen LogP contribution is -2.32. The molecule has 0 atom stereocenters. The van der Waals surface area contributed by atoms with Gasteiger partial charge in [-0.2, -0.15) is 0 Å². The minimum Gasteiger partial charge on any atom is -0.457 e. The molecule has 3 aromatic carbocycles. The van der Waals surface area contributed by atoms with E-state index in [0.717, 1.165) is 35.5 Å². The zero-order valence-electron chi connectivity index (χ0n) is 16.3. The molecule has 0 aliphatic carbocycles. The van der Waals surface area contributed by atoms with Crippen LogP contribution in [-0.4, -0.2) is 25.7 Å². The molecule has 1 aliphatic heterocycles. The fourth-order valence-electron chi connectivity index (χ4n) is 3.62. The standard InChI is InChI=1S/C25H25NO3/c27-25(26-16-8-17-28-18-15-19-9-2-1-3-10-19)24-20-11-4-6-13-22(20)29-23-14-7-5-12-21(23)24/h1-7,9-14,24H,8,15-18H2,(H,26,27). The monoisotopic (exact) mass is 387 g/mol. The third kappa shape index (κ3) is 4.66. The highest BCUT2D eigenvalue weighted by atomic mass is 16.5. The lowest BCUT2D eigenvalue weighted by Gasteiger charge is -2.27. The Morgan fingerprint density at radius 3 is 2.14 bits per heavy atom. The third-order valence-corrected chi connectivity index (χ3v) is 5.08. The van der Waals surface area contributed by atoms with Gasteiger partial charge in [0.25, 0.3) is 0 Å².